The van der Waals surface area contributed by atoms with E-state index in [1.165, 1.54) is 62.3 Å². The molecule has 0 aromatic carbocycles. The van der Waals surface area contributed by atoms with Crippen molar-refractivity contribution in [3.05, 3.63) is 0 Å². The van der Waals surface area contributed by atoms with Crippen LogP contribution >= 0.6 is 15.2 Å². The molecule has 0 fully saturated rings. The zero-order valence-electron chi connectivity index (χ0n) is 34.8. The molecule has 0 N–H and O–H groups in total. The molecule has 19 heteroatoms. The van der Waals surface area contributed by atoms with Crippen molar-refractivity contribution in [2.75, 3.05) is 46.7 Å². The molecule has 0 amide bonds. The van der Waals surface area contributed by atoms with E-state index in [0.29, 0.717) is 13.7 Å². The summed E-state index contributed by atoms with van der Waals surface area (Å²) in [4.78, 5) is 72.8. The first-order valence-corrected chi connectivity index (χ1v) is 20.3. The monoisotopic (exact) mass is 805 g/mol. The maximum atomic E-state index is 13.9. The van der Waals surface area contributed by atoms with Crippen LogP contribution in [-0.4, -0.2) is 86.2 Å². The lowest BCUT2D eigenvalue weighted by Crippen LogP contribution is -2.50. The zero-order valence-corrected chi connectivity index (χ0v) is 36.6. The largest absolute Gasteiger partial charge is 0.775 e. The van der Waals surface area contributed by atoms with Gasteiger partial charge in [0.15, 0.2) is 14.4 Å². The van der Waals surface area contributed by atoms with Crippen LogP contribution in [0.15, 0.2) is 0 Å². The molecule has 0 bridgehead atoms. The van der Waals surface area contributed by atoms with Gasteiger partial charge in [0.25, 0.3) is 5.08 Å². The van der Waals surface area contributed by atoms with Crippen molar-refractivity contribution in [1.29, 1.82) is 0 Å². The molecule has 0 aliphatic carbocycles. The molecule has 0 rings (SSSR count). The van der Waals surface area contributed by atoms with Crippen LogP contribution in [0.2, 0.25) is 0 Å². The fraction of sp³-hybridized carbons (Fsp3) is 0.853. The van der Waals surface area contributed by atoms with Gasteiger partial charge in [0.2, 0.25) is 20.3 Å². The van der Waals surface area contributed by atoms with Crippen LogP contribution in [0.3, 0.4) is 0 Å². The molecule has 0 heterocycles. The Morgan fingerprint density at radius 1 is 0.528 bits per heavy atom. The Labute approximate surface area is 315 Å². The summed E-state index contributed by atoms with van der Waals surface area (Å²) in [7, 11) is -10.9. The Morgan fingerprint density at radius 2 is 0.811 bits per heavy atom. The Morgan fingerprint density at radius 3 is 1.08 bits per heavy atom. The van der Waals surface area contributed by atoms with Crippen LogP contribution in [0.5, 0.6) is 0 Å². The Hall–Kier alpha value is -2.39. The van der Waals surface area contributed by atoms with Crippen molar-refractivity contribution in [3.8, 4) is 0 Å². The Kier molecular flexibility index (Phi) is 20.4. The minimum absolute atomic E-state index is 0.111. The lowest BCUT2D eigenvalue weighted by Gasteiger charge is -2.42. The van der Waals surface area contributed by atoms with Gasteiger partial charge in [-0.15, -0.1) is 0 Å². The molecule has 0 aromatic rings. The number of carbonyl (C=O) groups excluding carboxylic acids is 5. The second-order valence-corrected chi connectivity index (χ2v) is 21.2. The Balaban J connectivity index is 0. The third-order valence-corrected chi connectivity index (χ3v) is 12.5. The first-order chi connectivity index (χ1) is 23.6. The Bertz CT molecular complexity index is 1290. The van der Waals surface area contributed by atoms with Gasteiger partial charge in [-0.3, -0.25) is 46.6 Å². The van der Waals surface area contributed by atoms with E-state index in [4.69, 9.17) is 37.3 Å². The SMILES string of the molecule is CC(=O)OC(C)(P(=O)([O-])OCOC(=O)C(C)(C)C)P(=O)(OCOC(=O)C(C)(C)C)OCOC(=O)C(C)(C)C.CC[N+](CC)(CC)COC(=O)C(C)(C)C. The highest BCUT2D eigenvalue weighted by Gasteiger charge is 2.60. The summed E-state index contributed by atoms with van der Waals surface area (Å²) in [5, 5.41) is -3.21. The fourth-order valence-electron chi connectivity index (χ4n) is 3.38. The van der Waals surface area contributed by atoms with E-state index in [2.05, 4.69) is 20.8 Å². The van der Waals surface area contributed by atoms with Crippen molar-refractivity contribution >= 4 is 45.0 Å². The minimum Gasteiger partial charge on any atom is -0.775 e. The quantitative estimate of drug-likeness (QED) is 0.0536. The molecular formula is C34H65NO16P2. The number of carbonyl (C=O) groups is 5. The van der Waals surface area contributed by atoms with Crippen molar-refractivity contribution in [1.82, 2.24) is 0 Å². The molecule has 0 aliphatic heterocycles. The van der Waals surface area contributed by atoms with Gasteiger partial charge in [-0.05, 0) is 111 Å². The van der Waals surface area contributed by atoms with Gasteiger partial charge in [0.1, 0.15) is 0 Å². The third kappa shape index (κ3) is 17.3. The number of ether oxygens (including phenoxy) is 5. The van der Waals surface area contributed by atoms with E-state index in [1.807, 2.05) is 20.8 Å². The summed E-state index contributed by atoms with van der Waals surface area (Å²) in [5.74, 6) is -3.81. The zero-order chi connectivity index (χ0) is 42.5. The summed E-state index contributed by atoms with van der Waals surface area (Å²) in [6.07, 6.45) is 0. The van der Waals surface area contributed by atoms with Crippen LogP contribution < -0.4 is 4.89 Å². The van der Waals surface area contributed by atoms with Crippen LogP contribution in [0.1, 0.15) is 118 Å². The average molecular weight is 806 g/mol. The van der Waals surface area contributed by atoms with E-state index >= 15 is 0 Å². The summed E-state index contributed by atoms with van der Waals surface area (Å²) >= 11 is 0. The van der Waals surface area contributed by atoms with Gasteiger partial charge < -0.3 is 33.1 Å². The topological polar surface area (TPSA) is 216 Å². The number of rotatable bonds is 17. The number of quaternary nitrogens is 1. The molecular weight excluding hydrogens is 740 g/mol. The van der Waals surface area contributed by atoms with Crippen molar-refractivity contribution < 1.29 is 79.7 Å². The van der Waals surface area contributed by atoms with E-state index in [-0.39, 0.29) is 5.97 Å². The van der Waals surface area contributed by atoms with Crippen LogP contribution in [-0.2, 0) is 70.4 Å². The number of hydrogen-bond acceptors (Lipinski definition) is 16. The second kappa shape index (κ2) is 20.5. The lowest BCUT2D eigenvalue weighted by molar-refractivity contribution is -0.939. The predicted molar refractivity (Wildman–Crippen MR) is 192 cm³/mol. The number of esters is 5. The van der Waals surface area contributed by atoms with Crippen molar-refractivity contribution in [3.63, 3.8) is 0 Å². The lowest BCUT2D eigenvalue weighted by atomic mass is 9.97. The smallest absolute Gasteiger partial charge is 0.388 e. The highest BCUT2D eigenvalue weighted by molar-refractivity contribution is 7.72. The number of hydrogen-bond donors (Lipinski definition) is 0. The third-order valence-electron chi connectivity index (χ3n) is 7.52. The second-order valence-electron chi connectivity index (χ2n) is 16.4. The highest BCUT2D eigenvalue weighted by atomic mass is 31.2. The molecule has 312 valence electrons. The molecule has 17 nitrogen and oxygen atoms in total. The molecule has 0 radical (unpaired) electrons. The van der Waals surface area contributed by atoms with Crippen molar-refractivity contribution in [2.45, 2.75) is 123 Å². The standard InChI is InChI=1S/C22H40O14P2.C12H26NO2/c1-15(23)36-22(11,37(27,28)33-12-30-16(24)19(2,3)4)38(29,34-13-31-17(25)20(5,6)7)35-14-32-18(26)21(8,9)10;1-7-13(8-2,9-3)10-15-11(14)12(4,5)6/h12-14H2,1-11H3,(H,27,28);7-10H2,1-6H3/q;+1/p-1. The molecule has 0 aliphatic rings. The average Bonchev–Trinajstić information content (AvgIpc) is 2.99. The van der Waals surface area contributed by atoms with Gasteiger partial charge in [-0.25, -0.2) is 0 Å². The van der Waals surface area contributed by atoms with Crippen LogP contribution in [0.25, 0.3) is 0 Å². The highest BCUT2D eigenvalue weighted by Crippen LogP contribution is 2.74. The summed E-state index contributed by atoms with van der Waals surface area (Å²) in [6.45, 7) is 27.2. The maximum absolute atomic E-state index is 13.9. The molecule has 53 heavy (non-hydrogen) atoms. The molecule has 2 unspecified atom stereocenters. The predicted octanol–water partition coefficient (Wildman–Crippen LogP) is 6.07. The van der Waals surface area contributed by atoms with Crippen molar-refractivity contribution in [2.24, 2.45) is 21.7 Å². The normalized spacial score (nSPS) is 15.1. The van der Waals surface area contributed by atoms with Gasteiger partial charge in [0, 0.05) is 6.92 Å². The molecule has 0 saturated carbocycles. The molecule has 0 aromatic heterocycles. The van der Waals surface area contributed by atoms with Gasteiger partial charge in [-0.2, -0.15) is 0 Å². The first kappa shape index (κ1) is 52.7. The van der Waals surface area contributed by atoms with E-state index in [0.717, 1.165) is 31.0 Å². The van der Waals surface area contributed by atoms with Crippen LogP contribution in [0.4, 0.5) is 0 Å². The number of nitrogens with zero attached hydrogens (tertiary/aromatic N) is 1. The first-order valence-electron chi connectivity index (χ1n) is 17.2. The maximum Gasteiger partial charge on any atom is 0.388 e. The minimum atomic E-state index is -5.66. The fourth-order valence-corrected chi connectivity index (χ4v) is 6.95. The van der Waals surface area contributed by atoms with Crippen LogP contribution in [0, 0.1) is 21.7 Å². The molecule has 0 saturated heterocycles. The van der Waals surface area contributed by atoms with E-state index < -0.39 is 86.2 Å². The van der Waals surface area contributed by atoms with Gasteiger partial charge in [0.05, 0.1) is 41.3 Å². The summed E-state index contributed by atoms with van der Waals surface area (Å²) in [5.41, 5.74) is -3.43. The summed E-state index contributed by atoms with van der Waals surface area (Å²) < 4.78 is 67.5. The van der Waals surface area contributed by atoms with E-state index in [9.17, 15) is 38.0 Å². The molecule has 2 atom stereocenters. The van der Waals surface area contributed by atoms with Gasteiger partial charge >= 0.3 is 37.4 Å². The van der Waals surface area contributed by atoms with Gasteiger partial charge in [-0.1, -0.05) is 0 Å². The van der Waals surface area contributed by atoms with E-state index in [1.54, 1.807) is 0 Å². The summed E-state index contributed by atoms with van der Waals surface area (Å²) in [6, 6.07) is 0. The molecule has 0 spiro atoms.